The molecular formula is C12H13N3. The van der Waals surface area contributed by atoms with Gasteiger partial charge in [-0.2, -0.15) is 0 Å². The molecule has 0 unspecified atom stereocenters. The SMILES string of the molecule is Cc1cccc(NCc2cccnc2)n1. The number of aromatic nitrogens is 2. The van der Waals surface area contributed by atoms with E-state index in [9.17, 15) is 0 Å². The highest BCUT2D eigenvalue weighted by molar-refractivity contribution is 5.35. The number of rotatable bonds is 3. The van der Waals surface area contributed by atoms with Gasteiger partial charge in [-0.3, -0.25) is 4.98 Å². The summed E-state index contributed by atoms with van der Waals surface area (Å²) in [5, 5.41) is 3.25. The molecule has 76 valence electrons. The smallest absolute Gasteiger partial charge is 0.126 e. The van der Waals surface area contributed by atoms with Crippen LogP contribution in [0, 0.1) is 6.92 Å². The lowest BCUT2D eigenvalue weighted by Crippen LogP contribution is -2.01. The molecule has 15 heavy (non-hydrogen) atoms. The summed E-state index contributed by atoms with van der Waals surface area (Å²) in [6.45, 7) is 2.74. The first-order valence-electron chi connectivity index (χ1n) is 4.91. The van der Waals surface area contributed by atoms with Crippen molar-refractivity contribution in [3.63, 3.8) is 0 Å². The molecule has 0 amide bonds. The summed E-state index contributed by atoms with van der Waals surface area (Å²) in [5.41, 5.74) is 2.17. The van der Waals surface area contributed by atoms with Gasteiger partial charge < -0.3 is 5.32 Å². The highest BCUT2D eigenvalue weighted by atomic mass is 15.0. The van der Waals surface area contributed by atoms with Crippen LogP contribution in [0.5, 0.6) is 0 Å². The van der Waals surface area contributed by atoms with Crippen molar-refractivity contribution in [2.24, 2.45) is 0 Å². The molecule has 2 aromatic heterocycles. The fourth-order valence-electron chi connectivity index (χ4n) is 1.34. The number of nitrogens with zero attached hydrogens (tertiary/aromatic N) is 2. The number of nitrogens with one attached hydrogen (secondary N) is 1. The minimum absolute atomic E-state index is 0.754. The molecule has 1 N–H and O–H groups in total. The van der Waals surface area contributed by atoms with Crippen molar-refractivity contribution >= 4 is 5.82 Å². The van der Waals surface area contributed by atoms with Gasteiger partial charge in [-0.05, 0) is 30.7 Å². The molecule has 0 aliphatic heterocycles. The first kappa shape index (κ1) is 9.65. The predicted molar refractivity (Wildman–Crippen MR) is 60.5 cm³/mol. The van der Waals surface area contributed by atoms with Gasteiger partial charge in [0.1, 0.15) is 5.82 Å². The number of pyridine rings is 2. The maximum absolute atomic E-state index is 4.36. The molecule has 0 bridgehead atoms. The molecule has 0 radical (unpaired) electrons. The van der Waals surface area contributed by atoms with E-state index < -0.39 is 0 Å². The van der Waals surface area contributed by atoms with Crippen LogP contribution in [0.1, 0.15) is 11.3 Å². The molecule has 3 nitrogen and oxygen atoms in total. The summed E-state index contributed by atoms with van der Waals surface area (Å²) in [6.07, 6.45) is 3.62. The lowest BCUT2D eigenvalue weighted by atomic mass is 10.3. The van der Waals surface area contributed by atoms with E-state index in [1.807, 2.05) is 43.5 Å². The highest BCUT2D eigenvalue weighted by Crippen LogP contribution is 2.06. The van der Waals surface area contributed by atoms with Crippen molar-refractivity contribution in [1.29, 1.82) is 0 Å². The topological polar surface area (TPSA) is 37.8 Å². The third-order valence-electron chi connectivity index (χ3n) is 2.08. The fourth-order valence-corrected chi connectivity index (χ4v) is 1.34. The van der Waals surface area contributed by atoms with Crippen molar-refractivity contribution in [2.75, 3.05) is 5.32 Å². The van der Waals surface area contributed by atoms with Gasteiger partial charge in [0.25, 0.3) is 0 Å². The van der Waals surface area contributed by atoms with Crippen LogP contribution in [-0.2, 0) is 6.54 Å². The van der Waals surface area contributed by atoms with E-state index in [1.54, 1.807) is 6.20 Å². The van der Waals surface area contributed by atoms with Crippen LogP contribution in [0.2, 0.25) is 0 Å². The normalized spacial score (nSPS) is 9.93. The quantitative estimate of drug-likeness (QED) is 0.824. The fraction of sp³-hybridized carbons (Fsp3) is 0.167. The monoisotopic (exact) mass is 199 g/mol. The number of hydrogen-bond acceptors (Lipinski definition) is 3. The average Bonchev–Trinajstić information content (AvgIpc) is 2.28. The summed E-state index contributed by atoms with van der Waals surface area (Å²) < 4.78 is 0. The Labute approximate surface area is 89.2 Å². The van der Waals surface area contributed by atoms with Gasteiger partial charge in [0.15, 0.2) is 0 Å². The molecule has 0 aliphatic carbocycles. The minimum Gasteiger partial charge on any atom is -0.366 e. The molecule has 0 fully saturated rings. The van der Waals surface area contributed by atoms with Gasteiger partial charge in [0.2, 0.25) is 0 Å². The van der Waals surface area contributed by atoms with E-state index in [0.29, 0.717) is 0 Å². The van der Waals surface area contributed by atoms with Gasteiger partial charge in [-0.25, -0.2) is 4.98 Å². The molecule has 2 aromatic rings. The highest BCUT2D eigenvalue weighted by Gasteiger charge is 1.94. The molecule has 3 heteroatoms. The maximum Gasteiger partial charge on any atom is 0.126 e. The largest absolute Gasteiger partial charge is 0.366 e. The third kappa shape index (κ3) is 2.77. The first-order chi connectivity index (χ1) is 7.34. The van der Waals surface area contributed by atoms with Gasteiger partial charge in [-0.1, -0.05) is 12.1 Å². The lowest BCUT2D eigenvalue weighted by molar-refractivity contribution is 1.07. The van der Waals surface area contributed by atoms with Crippen molar-refractivity contribution in [3.8, 4) is 0 Å². The third-order valence-corrected chi connectivity index (χ3v) is 2.08. The van der Waals surface area contributed by atoms with Crippen LogP contribution in [-0.4, -0.2) is 9.97 Å². The zero-order valence-electron chi connectivity index (χ0n) is 8.64. The molecule has 0 aliphatic rings. The summed E-state index contributed by atoms with van der Waals surface area (Å²) >= 11 is 0. The van der Waals surface area contributed by atoms with Crippen molar-refractivity contribution in [3.05, 3.63) is 54.0 Å². The molecule has 0 saturated carbocycles. The molecule has 2 rings (SSSR count). The van der Waals surface area contributed by atoms with Gasteiger partial charge in [0, 0.05) is 24.6 Å². The van der Waals surface area contributed by atoms with Crippen LogP contribution >= 0.6 is 0 Å². The molecule has 2 heterocycles. The predicted octanol–water partition coefficient (Wildman–Crippen LogP) is 2.40. The lowest BCUT2D eigenvalue weighted by Gasteiger charge is -2.05. The van der Waals surface area contributed by atoms with E-state index >= 15 is 0 Å². The Morgan fingerprint density at radius 3 is 2.87 bits per heavy atom. The van der Waals surface area contributed by atoms with Crippen LogP contribution in [0.15, 0.2) is 42.7 Å². The van der Waals surface area contributed by atoms with Gasteiger partial charge >= 0.3 is 0 Å². The maximum atomic E-state index is 4.36. The van der Waals surface area contributed by atoms with Crippen LogP contribution in [0.4, 0.5) is 5.82 Å². The Morgan fingerprint density at radius 2 is 2.13 bits per heavy atom. The zero-order chi connectivity index (χ0) is 10.5. The summed E-state index contributed by atoms with van der Waals surface area (Å²) in [6, 6.07) is 9.91. The molecule has 0 spiro atoms. The van der Waals surface area contributed by atoms with E-state index in [2.05, 4.69) is 15.3 Å². The summed E-state index contributed by atoms with van der Waals surface area (Å²) in [5.74, 6) is 0.902. The van der Waals surface area contributed by atoms with Crippen LogP contribution in [0.25, 0.3) is 0 Å². The van der Waals surface area contributed by atoms with Gasteiger partial charge in [-0.15, -0.1) is 0 Å². The second-order valence-corrected chi connectivity index (χ2v) is 3.38. The Hall–Kier alpha value is -1.90. The first-order valence-corrected chi connectivity index (χ1v) is 4.91. The van der Waals surface area contributed by atoms with E-state index in [1.165, 1.54) is 0 Å². The summed E-state index contributed by atoms with van der Waals surface area (Å²) in [4.78, 5) is 8.41. The number of hydrogen-bond donors (Lipinski definition) is 1. The summed E-state index contributed by atoms with van der Waals surface area (Å²) in [7, 11) is 0. The molecule has 0 aromatic carbocycles. The second-order valence-electron chi connectivity index (χ2n) is 3.38. The van der Waals surface area contributed by atoms with Crippen LogP contribution < -0.4 is 5.32 Å². The second kappa shape index (κ2) is 4.55. The van der Waals surface area contributed by atoms with E-state index in [0.717, 1.165) is 23.6 Å². The van der Waals surface area contributed by atoms with Crippen LogP contribution in [0.3, 0.4) is 0 Å². The zero-order valence-corrected chi connectivity index (χ0v) is 8.64. The van der Waals surface area contributed by atoms with E-state index in [-0.39, 0.29) is 0 Å². The van der Waals surface area contributed by atoms with E-state index in [4.69, 9.17) is 0 Å². The molecule has 0 saturated heterocycles. The van der Waals surface area contributed by atoms with Crippen molar-refractivity contribution in [1.82, 2.24) is 9.97 Å². The number of aryl methyl sites for hydroxylation is 1. The Balaban J connectivity index is 1.99. The average molecular weight is 199 g/mol. The number of anilines is 1. The standard InChI is InChI=1S/C12H13N3/c1-10-4-2-6-12(15-10)14-9-11-5-3-7-13-8-11/h2-8H,9H2,1H3,(H,14,15). The van der Waals surface area contributed by atoms with Crippen molar-refractivity contribution < 1.29 is 0 Å². The Bertz CT molecular complexity index is 426. The van der Waals surface area contributed by atoms with Gasteiger partial charge in [0.05, 0.1) is 0 Å². The minimum atomic E-state index is 0.754. The van der Waals surface area contributed by atoms with Crippen molar-refractivity contribution in [2.45, 2.75) is 13.5 Å². The molecule has 0 atom stereocenters. The Kier molecular flexibility index (Phi) is 2.93. The molecular weight excluding hydrogens is 186 g/mol. The Morgan fingerprint density at radius 1 is 1.20 bits per heavy atom.